The van der Waals surface area contributed by atoms with Crippen molar-refractivity contribution in [1.29, 1.82) is 0 Å². The van der Waals surface area contributed by atoms with Crippen molar-refractivity contribution >= 4 is 17.3 Å². The third kappa shape index (κ3) is 2.87. The van der Waals surface area contributed by atoms with Crippen LogP contribution in [0.2, 0.25) is 5.02 Å². The van der Waals surface area contributed by atoms with Crippen molar-refractivity contribution in [2.24, 2.45) is 5.73 Å². The molecule has 0 fully saturated rings. The second-order valence-electron chi connectivity index (χ2n) is 3.36. The highest BCUT2D eigenvalue weighted by Crippen LogP contribution is 2.34. The van der Waals surface area contributed by atoms with Gasteiger partial charge in [0, 0.05) is 22.7 Å². The molecule has 0 saturated heterocycles. The van der Waals surface area contributed by atoms with Crippen LogP contribution in [-0.2, 0) is 0 Å². The van der Waals surface area contributed by atoms with Crippen LogP contribution >= 0.6 is 11.6 Å². The maximum Gasteiger partial charge on any atom is 0.289 e. The van der Waals surface area contributed by atoms with Gasteiger partial charge in [0.1, 0.15) is 6.61 Å². The molecule has 0 saturated carbocycles. The summed E-state index contributed by atoms with van der Waals surface area (Å²) in [6.45, 7) is -1.47. The fraction of sp³-hybridized carbons (Fsp3) is 0.333. The summed E-state index contributed by atoms with van der Waals surface area (Å²) < 4.78 is 26.3. The summed E-state index contributed by atoms with van der Waals surface area (Å²) in [7, 11) is 0. The van der Waals surface area contributed by atoms with Gasteiger partial charge in [-0.15, -0.1) is 0 Å². The summed E-state index contributed by atoms with van der Waals surface area (Å²) in [6.07, 6.45) is 0. The highest BCUT2D eigenvalue weighted by molar-refractivity contribution is 6.31. The number of rotatable bonds is 4. The zero-order chi connectivity index (χ0) is 13.2. The summed E-state index contributed by atoms with van der Waals surface area (Å²) in [5.74, 6) is -3.60. The predicted molar refractivity (Wildman–Crippen MR) is 57.1 cm³/mol. The first-order chi connectivity index (χ1) is 7.79. The molecule has 1 atom stereocenters. The number of non-ortho nitro benzene ring substituents is 1. The van der Waals surface area contributed by atoms with Crippen LogP contribution in [0.25, 0.3) is 0 Å². The Morgan fingerprint density at radius 3 is 2.65 bits per heavy atom. The minimum absolute atomic E-state index is 0.115. The van der Waals surface area contributed by atoms with E-state index in [4.69, 9.17) is 22.4 Å². The largest absolute Gasteiger partial charge is 0.390 e. The van der Waals surface area contributed by atoms with Crippen LogP contribution in [0.15, 0.2) is 18.2 Å². The third-order valence-electron chi connectivity index (χ3n) is 2.19. The maximum absolute atomic E-state index is 13.1. The van der Waals surface area contributed by atoms with Crippen LogP contribution in [0, 0.1) is 10.1 Å². The number of hydrogen-bond acceptors (Lipinski definition) is 4. The Bertz CT molecular complexity index is 442. The van der Waals surface area contributed by atoms with Gasteiger partial charge in [-0.3, -0.25) is 10.1 Å². The van der Waals surface area contributed by atoms with E-state index in [9.17, 15) is 18.9 Å². The van der Waals surface area contributed by atoms with Gasteiger partial charge in [0.15, 0.2) is 0 Å². The fourth-order valence-electron chi connectivity index (χ4n) is 1.21. The van der Waals surface area contributed by atoms with Crippen LogP contribution < -0.4 is 5.73 Å². The van der Waals surface area contributed by atoms with E-state index in [0.717, 1.165) is 18.2 Å². The quantitative estimate of drug-likeness (QED) is 0.643. The van der Waals surface area contributed by atoms with E-state index < -0.39 is 29.2 Å². The molecule has 94 valence electrons. The van der Waals surface area contributed by atoms with Crippen molar-refractivity contribution in [3.05, 3.63) is 38.9 Å². The number of nitrogens with two attached hydrogens (primary N) is 1. The zero-order valence-corrected chi connectivity index (χ0v) is 9.19. The molecule has 0 radical (unpaired) electrons. The second-order valence-corrected chi connectivity index (χ2v) is 3.77. The molecule has 17 heavy (non-hydrogen) atoms. The van der Waals surface area contributed by atoms with E-state index in [-0.39, 0.29) is 10.6 Å². The number of aliphatic hydroxyl groups excluding tert-OH is 1. The molecule has 3 N–H and O–H groups in total. The highest BCUT2D eigenvalue weighted by atomic mass is 35.5. The van der Waals surface area contributed by atoms with Crippen molar-refractivity contribution in [3.8, 4) is 0 Å². The summed E-state index contributed by atoms with van der Waals surface area (Å²) >= 11 is 5.64. The predicted octanol–water partition coefficient (Wildman–Crippen LogP) is 1.88. The van der Waals surface area contributed by atoms with Crippen molar-refractivity contribution in [1.82, 2.24) is 0 Å². The molecule has 0 aliphatic rings. The number of halogens is 3. The number of nitro groups is 1. The Balaban J connectivity index is 3.21. The van der Waals surface area contributed by atoms with Crippen molar-refractivity contribution < 1.29 is 18.8 Å². The van der Waals surface area contributed by atoms with Gasteiger partial charge in [-0.05, 0) is 6.07 Å². The number of nitro benzene ring substituents is 1. The molecule has 0 heterocycles. The minimum Gasteiger partial charge on any atom is -0.390 e. The zero-order valence-electron chi connectivity index (χ0n) is 8.44. The maximum atomic E-state index is 13.1. The van der Waals surface area contributed by atoms with Gasteiger partial charge in [0.2, 0.25) is 0 Å². The summed E-state index contributed by atoms with van der Waals surface area (Å²) in [5, 5.41) is 18.9. The molecule has 0 aliphatic carbocycles. The van der Waals surface area contributed by atoms with Crippen molar-refractivity contribution in [2.45, 2.75) is 12.0 Å². The molecule has 1 rings (SSSR count). The number of alkyl halides is 2. The Morgan fingerprint density at radius 1 is 1.59 bits per heavy atom. The molecule has 0 spiro atoms. The lowest BCUT2D eigenvalue weighted by molar-refractivity contribution is -0.385. The number of benzene rings is 1. The first kappa shape index (κ1) is 13.8. The van der Waals surface area contributed by atoms with Gasteiger partial charge < -0.3 is 10.8 Å². The lowest BCUT2D eigenvalue weighted by atomic mass is 10.0. The molecule has 1 aromatic rings. The smallest absolute Gasteiger partial charge is 0.289 e. The molecule has 0 unspecified atom stereocenters. The SMILES string of the molecule is N[C@H](c1cc([N+](=O)[O-])ccc1Cl)C(F)(F)CO. The van der Waals surface area contributed by atoms with E-state index in [1.807, 2.05) is 0 Å². The minimum atomic E-state index is -3.60. The first-order valence-corrected chi connectivity index (χ1v) is 4.85. The summed E-state index contributed by atoms with van der Waals surface area (Å²) in [6, 6.07) is 1.16. The lowest BCUT2D eigenvalue weighted by Crippen LogP contribution is -2.36. The van der Waals surface area contributed by atoms with E-state index in [1.165, 1.54) is 0 Å². The lowest BCUT2D eigenvalue weighted by Gasteiger charge is -2.22. The van der Waals surface area contributed by atoms with E-state index in [0.29, 0.717) is 0 Å². The molecular weight excluding hydrogens is 258 g/mol. The fourth-order valence-corrected chi connectivity index (χ4v) is 1.44. The summed E-state index contributed by atoms with van der Waals surface area (Å²) in [5.41, 5.74) is 4.56. The van der Waals surface area contributed by atoms with Crippen molar-refractivity contribution in [2.75, 3.05) is 6.61 Å². The molecule has 8 heteroatoms. The molecule has 0 amide bonds. The van der Waals surface area contributed by atoms with Crippen LogP contribution in [0.5, 0.6) is 0 Å². The standard InChI is InChI=1S/C9H9ClF2N2O3/c10-7-2-1-5(14(16)17)3-6(7)8(13)9(11,12)4-15/h1-3,8,15H,4,13H2/t8-/m1/s1. The Labute approximate surface area is 99.9 Å². The molecule has 5 nitrogen and oxygen atoms in total. The van der Waals surface area contributed by atoms with E-state index >= 15 is 0 Å². The molecular formula is C9H9ClF2N2O3. The van der Waals surface area contributed by atoms with Crippen LogP contribution in [0.1, 0.15) is 11.6 Å². The molecule has 0 bridgehead atoms. The third-order valence-corrected chi connectivity index (χ3v) is 2.54. The number of nitrogens with zero attached hydrogens (tertiary/aromatic N) is 1. The Hall–Kier alpha value is -1.31. The Morgan fingerprint density at radius 2 is 2.18 bits per heavy atom. The highest BCUT2D eigenvalue weighted by Gasteiger charge is 2.38. The van der Waals surface area contributed by atoms with Gasteiger partial charge in [-0.1, -0.05) is 11.6 Å². The molecule has 0 aliphatic heterocycles. The monoisotopic (exact) mass is 266 g/mol. The molecule has 1 aromatic carbocycles. The van der Waals surface area contributed by atoms with Gasteiger partial charge in [0.25, 0.3) is 11.6 Å². The first-order valence-electron chi connectivity index (χ1n) is 4.47. The average molecular weight is 267 g/mol. The number of aliphatic hydroxyl groups is 1. The van der Waals surface area contributed by atoms with Gasteiger partial charge in [-0.25, -0.2) is 8.78 Å². The normalized spacial score (nSPS) is 13.5. The van der Waals surface area contributed by atoms with Gasteiger partial charge in [-0.2, -0.15) is 0 Å². The van der Waals surface area contributed by atoms with Gasteiger partial charge >= 0.3 is 0 Å². The summed E-state index contributed by atoms with van der Waals surface area (Å²) in [4.78, 5) is 9.74. The average Bonchev–Trinajstić information content (AvgIpc) is 2.28. The van der Waals surface area contributed by atoms with Crippen molar-refractivity contribution in [3.63, 3.8) is 0 Å². The van der Waals surface area contributed by atoms with E-state index in [1.54, 1.807) is 0 Å². The molecule has 0 aromatic heterocycles. The second kappa shape index (κ2) is 4.91. The van der Waals surface area contributed by atoms with Crippen LogP contribution in [0.3, 0.4) is 0 Å². The Kier molecular flexibility index (Phi) is 3.97. The van der Waals surface area contributed by atoms with Crippen LogP contribution in [0.4, 0.5) is 14.5 Å². The van der Waals surface area contributed by atoms with Crippen LogP contribution in [-0.4, -0.2) is 22.6 Å². The van der Waals surface area contributed by atoms with Gasteiger partial charge in [0.05, 0.1) is 11.0 Å². The topological polar surface area (TPSA) is 89.4 Å². The number of hydrogen-bond donors (Lipinski definition) is 2. The van der Waals surface area contributed by atoms with E-state index in [2.05, 4.69) is 0 Å².